The average molecular weight is 728 g/mol. The molecule has 264 valence electrons. The Hall–Kier alpha value is -2.04. The standard InChI is InChI=1S/C33H44ClF2N3O7SSi/c1-33(2,3)48(5,6)46-26-17-44-28-25(16-43-29(26)28)45-32-37-24-15-21(34)31(38-30(24)39(32)27-9-7-8-10-42-27)47-18-20-22(35)13-19(14-23(20)36)41-12-11-40-4/h13-15,25-29H,7-12,16-18H2,1-6H3/t25-,26-,27?,28-,29-/m1/s1. The van der Waals surface area contributed by atoms with Gasteiger partial charge in [0.2, 0.25) is 0 Å². The van der Waals surface area contributed by atoms with Gasteiger partial charge in [-0.05, 0) is 43.5 Å². The number of rotatable bonds is 12. The normalized spacial score (nSPS) is 24.7. The van der Waals surface area contributed by atoms with Gasteiger partial charge in [-0.25, -0.2) is 13.8 Å². The third-order valence-electron chi connectivity index (χ3n) is 9.49. The number of halogens is 3. The molecule has 1 aromatic carbocycles. The van der Waals surface area contributed by atoms with Crippen molar-refractivity contribution in [2.75, 3.05) is 40.1 Å². The highest BCUT2D eigenvalue weighted by Crippen LogP contribution is 2.42. The molecule has 3 aliphatic heterocycles. The molecule has 6 rings (SSSR count). The minimum absolute atomic E-state index is 0.0381. The van der Waals surface area contributed by atoms with Gasteiger partial charge in [0.25, 0.3) is 0 Å². The van der Waals surface area contributed by atoms with Crippen LogP contribution in [-0.2, 0) is 29.1 Å². The van der Waals surface area contributed by atoms with Crippen molar-refractivity contribution < 1.29 is 41.6 Å². The van der Waals surface area contributed by atoms with Gasteiger partial charge in [-0.3, -0.25) is 4.57 Å². The van der Waals surface area contributed by atoms with Crippen LogP contribution < -0.4 is 9.47 Å². The largest absolute Gasteiger partial charge is 0.491 e. The maximum atomic E-state index is 14.9. The molecule has 2 aromatic heterocycles. The SMILES string of the molecule is COCCOc1cc(F)c(CSc2nc3c(cc2Cl)nc(O[C@@H]2CO[C@H]4[C@@H]2OC[C@H]4O[Si](C)(C)C(C)(C)C)n3C2CCCCO2)c(F)c1. The molecule has 0 spiro atoms. The summed E-state index contributed by atoms with van der Waals surface area (Å²) in [6.07, 6.45) is 1.17. The van der Waals surface area contributed by atoms with E-state index in [0.717, 1.165) is 31.0 Å². The summed E-state index contributed by atoms with van der Waals surface area (Å²) in [4.78, 5) is 9.63. The van der Waals surface area contributed by atoms with Gasteiger partial charge >= 0.3 is 6.01 Å². The van der Waals surface area contributed by atoms with Crippen LogP contribution in [0.5, 0.6) is 11.8 Å². The minimum Gasteiger partial charge on any atom is -0.491 e. The molecule has 0 N–H and O–H groups in total. The monoisotopic (exact) mass is 727 g/mol. The number of nitrogens with zero attached hydrogens (tertiary/aromatic N) is 3. The van der Waals surface area contributed by atoms with Gasteiger partial charge in [0.05, 0.1) is 30.9 Å². The van der Waals surface area contributed by atoms with Crippen molar-refractivity contribution in [3.8, 4) is 11.8 Å². The molecule has 0 bridgehead atoms. The second-order valence-electron chi connectivity index (χ2n) is 13.9. The van der Waals surface area contributed by atoms with E-state index < -0.39 is 26.1 Å². The maximum Gasteiger partial charge on any atom is 0.301 e. The first kappa shape index (κ1) is 35.8. The Morgan fingerprint density at radius 1 is 1.00 bits per heavy atom. The number of ether oxygens (including phenoxy) is 6. The molecular weight excluding hydrogens is 684 g/mol. The Bertz CT molecular complexity index is 1580. The molecule has 3 aromatic rings. The molecule has 10 nitrogen and oxygen atoms in total. The fourth-order valence-electron chi connectivity index (χ4n) is 5.84. The van der Waals surface area contributed by atoms with E-state index >= 15 is 0 Å². The van der Waals surface area contributed by atoms with Gasteiger partial charge in [0.15, 0.2) is 20.1 Å². The van der Waals surface area contributed by atoms with Crippen molar-refractivity contribution in [3.05, 3.63) is 40.4 Å². The molecule has 1 unspecified atom stereocenters. The van der Waals surface area contributed by atoms with Gasteiger partial charge in [-0.15, -0.1) is 0 Å². The lowest BCUT2D eigenvalue weighted by Gasteiger charge is -2.39. The number of hydrogen-bond acceptors (Lipinski definition) is 10. The number of aromatic nitrogens is 3. The molecule has 0 radical (unpaired) electrons. The Morgan fingerprint density at radius 2 is 1.71 bits per heavy atom. The van der Waals surface area contributed by atoms with Gasteiger partial charge in [-0.1, -0.05) is 44.1 Å². The van der Waals surface area contributed by atoms with Crippen LogP contribution in [0.3, 0.4) is 0 Å². The second kappa shape index (κ2) is 14.7. The number of thioether (sulfide) groups is 1. The number of hydrogen-bond donors (Lipinski definition) is 0. The lowest BCUT2D eigenvalue weighted by molar-refractivity contribution is -0.0407. The van der Waals surface area contributed by atoms with Crippen molar-refractivity contribution in [2.24, 2.45) is 0 Å². The van der Waals surface area contributed by atoms with Gasteiger partial charge in [0.1, 0.15) is 53.0 Å². The molecular formula is C33H44ClF2N3O7SSi. The maximum absolute atomic E-state index is 14.9. The summed E-state index contributed by atoms with van der Waals surface area (Å²) in [6, 6.07) is 4.36. The average Bonchev–Trinajstić information content (AvgIpc) is 3.71. The van der Waals surface area contributed by atoms with E-state index in [1.165, 1.54) is 19.2 Å². The van der Waals surface area contributed by atoms with Crippen molar-refractivity contribution in [3.63, 3.8) is 0 Å². The van der Waals surface area contributed by atoms with Crippen LogP contribution in [0.15, 0.2) is 23.2 Å². The zero-order valence-corrected chi connectivity index (χ0v) is 30.8. The highest BCUT2D eigenvalue weighted by Gasteiger charge is 2.52. The zero-order valence-electron chi connectivity index (χ0n) is 28.2. The van der Waals surface area contributed by atoms with Crippen LogP contribution in [-0.4, -0.2) is 87.4 Å². The van der Waals surface area contributed by atoms with E-state index in [1.54, 1.807) is 6.07 Å². The van der Waals surface area contributed by atoms with E-state index in [1.807, 2.05) is 4.57 Å². The molecule has 3 aliphatic rings. The fourth-order valence-corrected chi connectivity index (χ4v) is 8.36. The summed E-state index contributed by atoms with van der Waals surface area (Å²) < 4.78 is 73.9. The van der Waals surface area contributed by atoms with E-state index in [4.69, 9.17) is 54.4 Å². The molecule has 3 saturated heterocycles. The summed E-state index contributed by atoms with van der Waals surface area (Å²) in [5, 5.41) is 0.769. The van der Waals surface area contributed by atoms with E-state index in [2.05, 4.69) is 33.9 Å². The van der Waals surface area contributed by atoms with Crippen LogP contribution in [0.2, 0.25) is 23.2 Å². The van der Waals surface area contributed by atoms with Crippen LogP contribution in [0, 0.1) is 11.6 Å². The summed E-state index contributed by atoms with van der Waals surface area (Å²) >= 11 is 7.79. The molecule has 15 heteroatoms. The molecule has 0 saturated carbocycles. The Labute approximate surface area is 290 Å². The first-order valence-electron chi connectivity index (χ1n) is 16.4. The Morgan fingerprint density at radius 3 is 2.38 bits per heavy atom. The molecule has 5 atom stereocenters. The van der Waals surface area contributed by atoms with Gasteiger partial charge < -0.3 is 32.8 Å². The first-order chi connectivity index (χ1) is 22.9. The molecule has 3 fully saturated rings. The van der Waals surface area contributed by atoms with Crippen LogP contribution >= 0.6 is 23.4 Å². The number of benzene rings is 1. The van der Waals surface area contributed by atoms with Crippen molar-refractivity contribution in [1.82, 2.24) is 14.5 Å². The minimum atomic E-state index is -2.04. The number of methoxy groups -OCH3 is 1. The predicted molar refractivity (Wildman–Crippen MR) is 181 cm³/mol. The van der Waals surface area contributed by atoms with Crippen molar-refractivity contribution >= 4 is 42.8 Å². The lowest BCUT2D eigenvalue weighted by Crippen LogP contribution is -2.47. The van der Waals surface area contributed by atoms with Gasteiger partial charge in [-0.2, -0.15) is 4.98 Å². The third-order valence-corrected chi connectivity index (χ3v) is 15.4. The Balaban J connectivity index is 1.23. The predicted octanol–water partition coefficient (Wildman–Crippen LogP) is 7.31. The quantitative estimate of drug-likeness (QED) is 0.107. The highest BCUT2D eigenvalue weighted by molar-refractivity contribution is 7.98. The van der Waals surface area contributed by atoms with Crippen molar-refractivity contribution in [2.45, 2.75) is 99.6 Å². The van der Waals surface area contributed by atoms with Crippen LogP contribution in [0.4, 0.5) is 8.78 Å². The van der Waals surface area contributed by atoms with Crippen LogP contribution in [0.25, 0.3) is 11.2 Å². The third kappa shape index (κ3) is 7.51. The van der Waals surface area contributed by atoms with Crippen molar-refractivity contribution in [1.29, 1.82) is 0 Å². The van der Waals surface area contributed by atoms with E-state index in [-0.39, 0.29) is 53.3 Å². The van der Waals surface area contributed by atoms with E-state index in [0.29, 0.717) is 53.7 Å². The number of fused-ring (bicyclic) bond motifs is 2. The topological polar surface area (TPSA) is 95.3 Å². The molecule has 0 aliphatic carbocycles. The summed E-state index contributed by atoms with van der Waals surface area (Å²) in [5.41, 5.74) is 0.923. The number of imidazole rings is 1. The summed E-state index contributed by atoms with van der Waals surface area (Å²) in [7, 11) is -0.519. The second-order valence-corrected chi connectivity index (χ2v) is 20.0. The molecule has 0 amide bonds. The first-order valence-corrected chi connectivity index (χ1v) is 20.6. The van der Waals surface area contributed by atoms with Gasteiger partial charge in [0, 0.05) is 37.2 Å². The molecule has 48 heavy (non-hydrogen) atoms. The fraction of sp³-hybridized carbons (Fsp3) is 0.636. The summed E-state index contributed by atoms with van der Waals surface area (Å²) in [6.45, 7) is 12.9. The van der Waals surface area contributed by atoms with E-state index in [9.17, 15) is 8.78 Å². The highest BCUT2D eigenvalue weighted by atomic mass is 35.5. The lowest BCUT2D eigenvalue weighted by atomic mass is 10.1. The smallest absolute Gasteiger partial charge is 0.301 e. The van der Waals surface area contributed by atoms with Crippen LogP contribution in [0.1, 0.15) is 51.8 Å². The molecule has 5 heterocycles. The Kier molecular flexibility index (Phi) is 10.9. The number of pyridine rings is 1. The zero-order chi connectivity index (χ0) is 34.2. The summed E-state index contributed by atoms with van der Waals surface area (Å²) in [5.74, 6) is -1.37.